The van der Waals surface area contributed by atoms with Crippen LogP contribution in [0.15, 0.2) is 23.2 Å². The second-order valence-electron chi connectivity index (χ2n) is 2.43. The van der Waals surface area contributed by atoms with Crippen molar-refractivity contribution >= 4 is 0 Å². The fourth-order valence-corrected chi connectivity index (χ4v) is 1.18. The lowest BCUT2D eigenvalue weighted by Gasteiger charge is -2.07. The fourth-order valence-electron chi connectivity index (χ4n) is 1.18. The zero-order valence-electron chi connectivity index (χ0n) is 5.89. The van der Waals surface area contributed by atoms with Gasteiger partial charge in [0, 0.05) is 6.42 Å². The molecular weight excluding hydrogens is 128 g/mol. The van der Waals surface area contributed by atoms with E-state index in [1.165, 1.54) is 5.57 Å². The van der Waals surface area contributed by atoms with Crippen molar-refractivity contribution in [3.05, 3.63) is 29.6 Å². The Morgan fingerprint density at radius 1 is 1.40 bits per heavy atom. The standard InChI is InChI=1S/C8H9O2/c1-6-3-2-4-7-8(6)10-5-9-7/h3-4H,2,5H2,1H3. The molecule has 0 bridgehead atoms. The fraction of sp³-hybridized carbons (Fsp3) is 0.375. The molecule has 2 aliphatic rings. The van der Waals surface area contributed by atoms with E-state index in [1.807, 2.05) is 13.3 Å². The minimum atomic E-state index is 0.381. The molecule has 0 N–H and O–H groups in total. The van der Waals surface area contributed by atoms with Gasteiger partial charge in [0.15, 0.2) is 5.76 Å². The Hall–Kier alpha value is -0.920. The van der Waals surface area contributed by atoms with Crippen LogP contribution in [0.1, 0.15) is 13.3 Å². The molecule has 53 valence electrons. The highest BCUT2D eigenvalue weighted by Gasteiger charge is 2.21. The third-order valence-corrected chi connectivity index (χ3v) is 1.73. The summed E-state index contributed by atoms with van der Waals surface area (Å²) in [5.41, 5.74) is 1.19. The van der Waals surface area contributed by atoms with E-state index >= 15 is 0 Å². The van der Waals surface area contributed by atoms with Gasteiger partial charge < -0.3 is 9.47 Å². The Labute approximate surface area is 60.1 Å². The molecule has 2 heteroatoms. The van der Waals surface area contributed by atoms with Gasteiger partial charge in [-0.1, -0.05) is 6.08 Å². The highest BCUT2D eigenvalue weighted by molar-refractivity contribution is 5.36. The first kappa shape index (κ1) is 5.83. The zero-order chi connectivity index (χ0) is 6.97. The summed E-state index contributed by atoms with van der Waals surface area (Å²) in [6, 6.07) is 0. The molecule has 0 saturated carbocycles. The van der Waals surface area contributed by atoms with E-state index in [0.29, 0.717) is 6.79 Å². The summed E-state index contributed by atoms with van der Waals surface area (Å²) >= 11 is 0. The van der Waals surface area contributed by atoms with E-state index in [0.717, 1.165) is 17.9 Å². The van der Waals surface area contributed by atoms with Crippen molar-refractivity contribution in [3.8, 4) is 0 Å². The van der Waals surface area contributed by atoms with Crippen LogP contribution in [0.2, 0.25) is 0 Å². The molecule has 1 heterocycles. The number of allylic oxidation sites excluding steroid dienone is 3. The molecule has 0 amide bonds. The average Bonchev–Trinajstić information content (AvgIpc) is 2.36. The Bertz CT molecular complexity index is 213. The molecule has 0 aromatic rings. The smallest absolute Gasteiger partial charge is 0.230 e. The second kappa shape index (κ2) is 2.04. The molecule has 0 spiro atoms. The summed E-state index contributed by atoms with van der Waals surface area (Å²) < 4.78 is 10.4. The predicted octanol–water partition coefficient (Wildman–Crippen LogP) is 1.76. The summed E-state index contributed by atoms with van der Waals surface area (Å²) in [6.07, 6.45) is 5.14. The van der Waals surface area contributed by atoms with E-state index in [2.05, 4.69) is 6.08 Å². The third-order valence-electron chi connectivity index (χ3n) is 1.73. The minimum Gasteiger partial charge on any atom is -0.458 e. The molecule has 0 saturated heterocycles. The topological polar surface area (TPSA) is 18.5 Å². The van der Waals surface area contributed by atoms with Crippen molar-refractivity contribution in [2.75, 3.05) is 6.79 Å². The summed E-state index contributed by atoms with van der Waals surface area (Å²) in [4.78, 5) is 0. The van der Waals surface area contributed by atoms with Crippen molar-refractivity contribution in [1.29, 1.82) is 0 Å². The highest BCUT2D eigenvalue weighted by Crippen LogP contribution is 2.29. The molecule has 0 atom stereocenters. The van der Waals surface area contributed by atoms with Crippen LogP contribution in [0.25, 0.3) is 0 Å². The van der Waals surface area contributed by atoms with Crippen molar-refractivity contribution < 1.29 is 9.47 Å². The Balaban J connectivity index is 2.33. The maximum absolute atomic E-state index is 5.23. The van der Waals surface area contributed by atoms with Crippen LogP contribution in [0, 0.1) is 6.42 Å². The molecular formula is C8H9O2. The number of rotatable bonds is 0. The van der Waals surface area contributed by atoms with Gasteiger partial charge in [-0.2, -0.15) is 0 Å². The first-order chi connectivity index (χ1) is 4.88. The van der Waals surface area contributed by atoms with E-state index in [1.54, 1.807) is 0 Å². The molecule has 1 aliphatic carbocycles. The van der Waals surface area contributed by atoms with Gasteiger partial charge in [-0.15, -0.1) is 0 Å². The van der Waals surface area contributed by atoms with Crippen molar-refractivity contribution in [2.45, 2.75) is 13.3 Å². The molecule has 2 rings (SSSR count). The van der Waals surface area contributed by atoms with Gasteiger partial charge in [0.25, 0.3) is 0 Å². The van der Waals surface area contributed by atoms with E-state index < -0.39 is 0 Å². The van der Waals surface area contributed by atoms with Crippen LogP contribution in [0.5, 0.6) is 0 Å². The van der Waals surface area contributed by atoms with Crippen LogP contribution in [0.3, 0.4) is 0 Å². The summed E-state index contributed by atoms with van der Waals surface area (Å²) in [6.45, 7) is 2.42. The molecule has 0 unspecified atom stereocenters. The summed E-state index contributed by atoms with van der Waals surface area (Å²) in [5.74, 6) is 1.84. The molecule has 10 heavy (non-hydrogen) atoms. The van der Waals surface area contributed by atoms with E-state index in [4.69, 9.17) is 9.47 Å². The molecule has 0 aromatic carbocycles. The maximum atomic E-state index is 5.23. The highest BCUT2D eigenvalue weighted by atomic mass is 16.7. The lowest BCUT2D eigenvalue weighted by molar-refractivity contribution is 0.0756. The third kappa shape index (κ3) is 0.719. The van der Waals surface area contributed by atoms with Gasteiger partial charge in [-0.05, 0) is 18.9 Å². The Morgan fingerprint density at radius 2 is 2.30 bits per heavy atom. The van der Waals surface area contributed by atoms with Crippen LogP contribution in [0.4, 0.5) is 0 Å². The van der Waals surface area contributed by atoms with Gasteiger partial charge in [0.2, 0.25) is 6.79 Å². The van der Waals surface area contributed by atoms with E-state index in [9.17, 15) is 0 Å². The van der Waals surface area contributed by atoms with Crippen molar-refractivity contribution in [2.24, 2.45) is 0 Å². The largest absolute Gasteiger partial charge is 0.458 e. The Morgan fingerprint density at radius 3 is 3.10 bits per heavy atom. The van der Waals surface area contributed by atoms with Gasteiger partial charge in [-0.25, -0.2) is 0 Å². The van der Waals surface area contributed by atoms with Gasteiger partial charge >= 0.3 is 0 Å². The van der Waals surface area contributed by atoms with Crippen LogP contribution >= 0.6 is 0 Å². The predicted molar refractivity (Wildman–Crippen MR) is 36.7 cm³/mol. The average molecular weight is 137 g/mol. The summed E-state index contributed by atoms with van der Waals surface area (Å²) in [7, 11) is 0. The lowest BCUT2D eigenvalue weighted by Crippen LogP contribution is -1.95. The van der Waals surface area contributed by atoms with Crippen LogP contribution in [-0.4, -0.2) is 6.79 Å². The number of hydrogen-bond acceptors (Lipinski definition) is 2. The van der Waals surface area contributed by atoms with Gasteiger partial charge in [0.05, 0.1) is 0 Å². The zero-order valence-corrected chi connectivity index (χ0v) is 5.89. The van der Waals surface area contributed by atoms with Crippen molar-refractivity contribution in [1.82, 2.24) is 0 Å². The Kier molecular flexibility index (Phi) is 1.19. The molecule has 0 fully saturated rings. The second-order valence-corrected chi connectivity index (χ2v) is 2.43. The number of ether oxygens (including phenoxy) is 2. The first-order valence-electron chi connectivity index (χ1n) is 3.38. The SMILES string of the molecule is CC1=CC[CH]C2=C1OCO2. The van der Waals surface area contributed by atoms with Gasteiger partial charge in [0.1, 0.15) is 5.76 Å². The monoisotopic (exact) mass is 137 g/mol. The van der Waals surface area contributed by atoms with Crippen LogP contribution < -0.4 is 0 Å². The molecule has 2 nitrogen and oxygen atoms in total. The minimum absolute atomic E-state index is 0.381. The normalized spacial score (nSPS) is 23.1. The van der Waals surface area contributed by atoms with Gasteiger partial charge in [-0.3, -0.25) is 0 Å². The number of hydrogen-bond donors (Lipinski definition) is 0. The lowest BCUT2D eigenvalue weighted by atomic mass is 10.1. The van der Waals surface area contributed by atoms with Crippen molar-refractivity contribution in [3.63, 3.8) is 0 Å². The summed E-state index contributed by atoms with van der Waals surface area (Å²) in [5, 5.41) is 0. The van der Waals surface area contributed by atoms with E-state index in [-0.39, 0.29) is 0 Å². The molecule has 0 aromatic heterocycles. The molecule has 1 aliphatic heterocycles. The quantitative estimate of drug-likeness (QED) is 0.506. The molecule has 1 radical (unpaired) electrons. The van der Waals surface area contributed by atoms with Crippen LogP contribution in [-0.2, 0) is 9.47 Å². The maximum Gasteiger partial charge on any atom is 0.230 e. The first-order valence-corrected chi connectivity index (χ1v) is 3.38.